The van der Waals surface area contributed by atoms with Gasteiger partial charge in [-0.05, 0) is 31.3 Å². The van der Waals surface area contributed by atoms with E-state index in [1.54, 1.807) is 16.9 Å². The monoisotopic (exact) mass is 309 g/mol. The molecular weight excluding hydrogens is 290 g/mol. The highest BCUT2D eigenvalue weighted by Gasteiger charge is 2.09. The average Bonchev–Trinajstić information content (AvgIpc) is 2.91. The molecule has 2 rings (SSSR count). The predicted molar refractivity (Wildman–Crippen MR) is 82.7 cm³/mol. The topological polar surface area (TPSA) is 50.5 Å². The molecule has 0 aliphatic carbocycles. The van der Waals surface area contributed by atoms with Gasteiger partial charge in [0, 0.05) is 30.5 Å². The molecule has 1 aromatic heterocycles. The number of likely N-dealkylation sites (N-methyl/N-ethyl adjacent to an activating group) is 1. The van der Waals surface area contributed by atoms with Gasteiger partial charge in [-0.1, -0.05) is 17.7 Å². The lowest BCUT2D eigenvalue weighted by molar-refractivity contribution is 0.0995. The number of hydrogen-bond donors (Lipinski definition) is 1. The Hall–Kier alpha value is -1.56. The van der Waals surface area contributed by atoms with E-state index in [9.17, 15) is 5.11 Å². The molecule has 0 fully saturated rings. The first-order chi connectivity index (χ1) is 10.1. The molecule has 6 heteroatoms. The van der Waals surface area contributed by atoms with E-state index in [1.807, 2.05) is 42.4 Å². The van der Waals surface area contributed by atoms with Crippen LogP contribution in [0.2, 0.25) is 5.02 Å². The molecule has 1 heterocycles. The van der Waals surface area contributed by atoms with E-state index in [-0.39, 0.29) is 0 Å². The zero-order valence-electron chi connectivity index (χ0n) is 12.0. The van der Waals surface area contributed by atoms with Crippen molar-refractivity contribution in [1.82, 2.24) is 14.7 Å². The standard InChI is InChI=1S/C15H20ClN3O2/c1-18(11-14(20)12-19-7-3-6-17-19)8-9-21-15-5-2-4-13(16)10-15/h2-7,10,14,20H,8-9,11-12H2,1H3. The maximum Gasteiger partial charge on any atom is 0.120 e. The molecule has 1 atom stereocenters. The van der Waals surface area contributed by atoms with Crippen LogP contribution in [0.1, 0.15) is 0 Å². The highest BCUT2D eigenvalue weighted by molar-refractivity contribution is 6.30. The SMILES string of the molecule is CN(CCOc1cccc(Cl)c1)CC(O)Cn1cccn1. The third-order valence-electron chi connectivity index (χ3n) is 3.02. The molecule has 0 saturated carbocycles. The Kier molecular flexibility index (Phi) is 6.04. The Balaban J connectivity index is 1.66. The number of hydrogen-bond acceptors (Lipinski definition) is 4. The lowest BCUT2D eigenvalue weighted by Gasteiger charge is -2.20. The zero-order valence-corrected chi connectivity index (χ0v) is 12.8. The maximum atomic E-state index is 9.98. The molecule has 0 saturated heterocycles. The van der Waals surface area contributed by atoms with Gasteiger partial charge >= 0.3 is 0 Å². The second-order valence-electron chi connectivity index (χ2n) is 4.95. The third-order valence-corrected chi connectivity index (χ3v) is 3.25. The van der Waals surface area contributed by atoms with E-state index in [0.717, 1.165) is 12.3 Å². The van der Waals surface area contributed by atoms with Crippen molar-refractivity contribution in [2.45, 2.75) is 12.6 Å². The van der Waals surface area contributed by atoms with Gasteiger partial charge in [-0.3, -0.25) is 4.68 Å². The number of halogens is 1. The summed E-state index contributed by atoms with van der Waals surface area (Å²) in [5.74, 6) is 0.757. The summed E-state index contributed by atoms with van der Waals surface area (Å²) in [5.41, 5.74) is 0. The summed E-state index contributed by atoms with van der Waals surface area (Å²) in [6.07, 6.45) is 3.09. The quantitative estimate of drug-likeness (QED) is 0.809. The van der Waals surface area contributed by atoms with E-state index in [2.05, 4.69) is 5.10 Å². The lowest BCUT2D eigenvalue weighted by atomic mass is 10.3. The molecule has 0 bridgehead atoms. The van der Waals surface area contributed by atoms with Crippen molar-refractivity contribution >= 4 is 11.6 Å². The Labute approximate surface area is 129 Å². The third kappa shape index (κ3) is 5.75. The maximum absolute atomic E-state index is 9.98. The van der Waals surface area contributed by atoms with E-state index < -0.39 is 6.10 Å². The van der Waals surface area contributed by atoms with Gasteiger partial charge in [-0.15, -0.1) is 0 Å². The van der Waals surface area contributed by atoms with E-state index in [4.69, 9.17) is 16.3 Å². The van der Waals surface area contributed by atoms with Gasteiger partial charge in [-0.2, -0.15) is 5.10 Å². The van der Waals surface area contributed by atoms with Crippen molar-refractivity contribution in [3.05, 3.63) is 47.7 Å². The predicted octanol–water partition coefficient (Wildman–Crippen LogP) is 1.91. The van der Waals surface area contributed by atoms with Gasteiger partial charge in [0.25, 0.3) is 0 Å². The number of aliphatic hydroxyl groups is 1. The molecule has 1 N–H and O–H groups in total. The Bertz CT molecular complexity index is 533. The number of aromatic nitrogens is 2. The summed E-state index contributed by atoms with van der Waals surface area (Å²) in [7, 11) is 1.95. The first kappa shape index (κ1) is 15.8. The largest absolute Gasteiger partial charge is 0.492 e. The van der Waals surface area contributed by atoms with Crippen LogP contribution in [0.3, 0.4) is 0 Å². The van der Waals surface area contributed by atoms with Crippen molar-refractivity contribution in [2.24, 2.45) is 0 Å². The molecule has 1 unspecified atom stereocenters. The summed E-state index contributed by atoms with van der Waals surface area (Å²) in [5, 5.41) is 14.7. The molecule has 0 spiro atoms. The molecule has 5 nitrogen and oxygen atoms in total. The number of ether oxygens (including phenoxy) is 1. The second kappa shape index (κ2) is 8.02. The summed E-state index contributed by atoms with van der Waals surface area (Å²) in [4.78, 5) is 2.03. The van der Waals surface area contributed by atoms with Crippen LogP contribution < -0.4 is 4.74 Å². The van der Waals surface area contributed by atoms with Gasteiger partial charge in [0.2, 0.25) is 0 Å². The van der Waals surface area contributed by atoms with Gasteiger partial charge in [0.15, 0.2) is 0 Å². The Morgan fingerprint density at radius 3 is 3.00 bits per heavy atom. The van der Waals surface area contributed by atoms with Gasteiger partial charge < -0.3 is 14.7 Å². The minimum Gasteiger partial charge on any atom is -0.492 e. The van der Waals surface area contributed by atoms with Crippen molar-refractivity contribution < 1.29 is 9.84 Å². The molecule has 0 aliphatic heterocycles. The number of benzene rings is 1. The summed E-state index contributed by atoms with van der Waals surface area (Å²) >= 11 is 5.89. The molecular formula is C15H20ClN3O2. The first-order valence-electron chi connectivity index (χ1n) is 6.86. The highest BCUT2D eigenvalue weighted by Crippen LogP contribution is 2.16. The summed E-state index contributed by atoms with van der Waals surface area (Å²) in [6.45, 7) is 2.33. The minimum absolute atomic E-state index is 0.457. The summed E-state index contributed by atoms with van der Waals surface area (Å²) in [6, 6.07) is 9.17. The molecule has 0 amide bonds. The molecule has 1 aromatic carbocycles. The van der Waals surface area contributed by atoms with Crippen LogP contribution in [0.4, 0.5) is 0 Å². The van der Waals surface area contributed by atoms with Crippen LogP contribution in [0.5, 0.6) is 5.75 Å². The van der Waals surface area contributed by atoms with E-state index >= 15 is 0 Å². The van der Waals surface area contributed by atoms with Crippen LogP contribution in [0, 0.1) is 0 Å². The van der Waals surface area contributed by atoms with E-state index in [0.29, 0.717) is 24.7 Å². The number of nitrogens with zero attached hydrogens (tertiary/aromatic N) is 3. The number of aliphatic hydroxyl groups excluding tert-OH is 1. The molecule has 0 aliphatic rings. The first-order valence-corrected chi connectivity index (χ1v) is 7.23. The molecule has 0 radical (unpaired) electrons. The molecule has 21 heavy (non-hydrogen) atoms. The zero-order chi connectivity index (χ0) is 15.1. The Morgan fingerprint density at radius 2 is 2.29 bits per heavy atom. The minimum atomic E-state index is -0.457. The average molecular weight is 310 g/mol. The van der Waals surface area contributed by atoms with Crippen LogP contribution in [0.25, 0.3) is 0 Å². The van der Waals surface area contributed by atoms with Crippen LogP contribution in [-0.4, -0.2) is 52.6 Å². The van der Waals surface area contributed by atoms with Crippen molar-refractivity contribution in [1.29, 1.82) is 0 Å². The summed E-state index contributed by atoms with van der Waals surface area (Å²) < 4.78 is 7.34. The molecule has 2 aromatic rings. The highest BCUT2D eigenvalue weighted by atomic mass is 35.5. The second-order valence-corrected chi connectivity index (χ2v) is 5.39. The van der Waals surface area contributed by atoms with Gasteiger partial charge in [-0.25, -0.2) is 0 Å². The number of rotatable bonds is 8. The normalized spacial score (nSPS) is 12.6. The van der Waals surface area contributed by atoms with Crippen molar-refractivity contribution in [3.63, 3.8) is 0 Å². The van der Waals surface area contributed by atoms with Crippen molar-refractivity contribution in [3.8, 4) is 5.75 Å². The fraction of sp³-hybridized carbons (Fsp3) is 0.400. The van der Waals surface area contributed by atoms with Crippen LogP contribution in [-0.2, 0) is 6.54 Å². The van der Waals surface area contributed by atoms with Crippen molar-refractivity contribution in [2.75, 3.05) is 26.7 Å². The van der Waals surface area contributed by atoms with Gasteiger partial charge in [0.1, 0.15) is 12.4 Å². The molecule has 114 valence electrons. The van der Waals surface area contributed by atoms with Crippen LogP contribution in [0.15, 0.2) is 42.7 Å². The smallest absolute Gasteiger partial charge is 0.120 e. The van der Waals surface area contributed by atoms with Gasteiger partial charge in [0.05, 0.1) is 12.6 Å². The Morgan fingerprint density at radius 1 is 1.43 bits per heavy atom. The van der Waals surface area contributed by atoms with Crippen LogP contribution >= 0.6 is 11.6 Å². The van der Waals surface area contributed by atoms with E-state index in [1.165, 1.54) is 0 Å². The fourth-order valence-corrected chi connectivity index (χ4v) is 2.19. The lowest BCUT2D eigenvalue weighted by Crippen LogP contribution is -2.34. The fourth-order valence-electron chi connectivity index (χ4n) is 2.01.